The molecule has 1 N–H and O–H groups in total. The van der Waals surface area contributed by atoms with Crippen LogP contribution in [0.5, 0.6) is 0 Å². The van der Waals surface area contributed by atoms with E-state index in [9.17, 15) is 18.3 Å². The summed E-state index contributed by atoms with van der Waals surface area (Å²) in [6.07, 6.45) is 0. The molecule has 39 heavy (non-hydrogen) atoms. The Kier molecular flexibility index (Phi) is 7.40. The first-order valence-corrected chi connectivity index (χ1v) is 14.4. The largest absolute Gasteiger partial charge is 0.465 e. The van der Waals surface area contributed by atoms with Crippen LogP contribution in [0.2, 0.25) is 0 Å². The minimum absolute atomic E-state index is 0.0324. The average Bonchev–Trinajstić information content (AvgIpc) is 3.26. The van der Waals surface area contributed by atoms with Crippen LogP contribution >= 0.6 is 0 Å². The highest BCUT2D eigenvalue weighted by atomic mass is 32.2. The van der Waals surface area contributed by atoms with E-state index >= 15 is 0 Å². The molecule has 1 fully saturated rings. The molecule has 1 saturated heterocycles. The van der Waals surface area contributed by atoms with Crippen molar-refractivity contribution in [3.05, 3.63) is 138 Å². The van der Waals surface area contributed by atoms with Crippen molar-refractivity contribution in [1.82, 2.24) is 4.31 Å². The van der Waals surface area contributed by atoms with E-state index in [1.807, 2.05) is 73.7 Å². The monoisotopic (exact) mass is 541 g/mol. The molecule has 0 unspecified atom stereocenters. The van der Waals surface area contributed by atoms with Crippen molar-refractivity contribution < 1.29 is 23.1 Å². The summed E-state index contributed by atoms with van der Waals surface area (Å²) in [5, 5.41) is 12.9. The van der Waals surface area contributed by atoms with Crippen LogP contribution in [0.3, 0.4) is 0 Å². The second kappa shape index (κ2) is 10.8. The molecule has 4 atom stereocenters. The number of sulfonamides is 1. The number of benzene rings is 4. The maximum atomic E-state index is 14.6. The van der Waals surface area contributed by atoms with Gasteiger partial charge >= 0.3 is 5.97 Å². The normalized spacial score (nSPS) is 23.4. The van der Waals surface area contributed by atoms with E-state index < -0.39 is 39.6 Å². The van der Waals surface area contributed by atoms with Gasteiger partial charge in [-0.3, -0.25) is 4.79 Å². The van der Waals surface area contributed by atoms with Gasteiger partial charge in [0.2, 0.25) is 10.0 Å². The van der Waals surface area contributed by atoms with Crippen molar-refractivity contribution in [3.8, 4) is 0 Å². The molecule has 1 aliphatic heterocycles. The van der Waals surface area contributed by atoms with Crippen LogP contribution in [-0.2, 0) is 25.2 Å². The summed E-state index contributed by atoms with van der Waals surface area (Å²) < 4.78 is 35.8. The van der Waals surface area contributed by atoms with Gasteiger partial charge in [-0.05, 0) is 42.7 Å². The van der Waals surface area contributed by atoms with Crippen molar-refractivity contribution in [2.24, 2.45) is 0 Å². The van der Waals surface area contributed by atoms with Crippen molar-refractivity contribution in [2.75, 3.05) is 6.61 Å². The number of carbonyl (C=O) groups is 1. The molecule has 0 aromatic heterocycles. The van der Waals surface area contributed by atoms with Crippen LogP contribution in [0.4, 0.5) is 0 Å². The van der Waals surface area contributed by atoms with E-state index in [0.29, 0.717) is 16.7 Å². The van der Waals surface area contributed by atoms with Gasteiger partial charge in [-0.25, -0.2) is 8.42 Å². The second-order valence-electron chi connectivity index (χ2n) is 9.74. The molecular weight excluding hydrogens is 510 g/mol. The number of aliphatic hydroxyl groups is 1. The van der Waals surface area contributed by atoms with Crippen LogP contribution in [0.25, 0.3) is 0 Å². The fourth-order valence-electron chi connectivity index (χ4n) is 5.67. The van der Waals surface area contributed by atoms with Gasteiger partial charge in [0, 0.05) is 5.92 Å². The molecule has 0 amide bonds. The van der Waals surface area contributed by atoms with E-state index in [4.69, 9.17) is 4.74 Å². The Morgan fingerprint density at radius 2 is 1.33 bits per heavy atom. The molecule has 7 heteroatoms. The van der Waals surface area contributed by atoms with Crippen LogP contribution in [0.1, 0.15) is 41.1 Å². The highest BCUT2D eigenvalue weighted by Gasteiger charge is 2.66. The molecule has 0 radical (unpaired) electrons. The minimum Gasteiger partial charge on any atom is -0.465 e. The maximum absolute atomic E-state index is 14.6. The third-order valence-electron chi connectivity index (χ3n) is 7.38. The predicted octanol–water partition coefficient (Wildman–Crippen LogP) is 5.34. The summed E-state index contributed by atoms with van der Waals surface area (Å²) in [7, 11) is -4.31. The fourth-order valence-corrected chi connectivity index (χ4v) is 7.46. The average molecular weight is 542 g/mol. The first kappa shape index (κ1) is 26.8. The van der Waals surface area contributed by atoms with Gasteiger partial charge in [0.25, 0.3) is 0 Å². The number of hydrogen-bond acceptors (Lipinski definition) is 5. The van der Waals surface area contributed by atoms with Gasteiger partial charge in [0.1, 0.15) is 5.60 Å². The van der Waals surface area contributed by atoms with Gasteiger partial charge in [0.05, 0.1) is 17.5 Å². The SMILES string of the molecule is CCOC(=O)[C@@H]1N(S(=O)(=O)c2ccc(C)cc2)[C@@H](c2ccccc2)[C@@H](c2ccccc2)[C@@]1(O)c1ccccc1. The third-order valence-corrected chi connectivity index (χ3v) is 9.24. The zero-order chi connectivity index (χ0) is 27.6. The van der Waals surface area contributed by atoms with Crippen LogP contribution < -0.4 is 0 Å². The number of esters is 1. The van der Waals surface area contributed by atoms with Crippen molar-refractivity contribution in [3.63, 3.8) is 0 Å². The number of nitrogens with zero attached hydrogens (tertiary/aromatic N) is 1. The topological polar surface area (TPSA) is 83.9 Å². The van der Waals surface area contributed by atoms with E-state index in [2.05, 4.69) is 0 Å². The summed E-state index contributed by atoms with van der Waals surface area (Å²) in [6, 6.07) is 31.3. The quantitative estimate of drug-likeness (QED) is 0.319. The molecule has 0 bridgehead atoms. The molecule has 1 aliphatic rings. The molecule has 0 spiro atoms. The van der Waals surface area contributed by atoms with Gasteiger partial charge in [-0.2, -0.15) is 4.31 Å². The molecule has 5 rings (SSSR count). The number of hydrogen-bond donors (Lipinski definition) is 1. The second-order valence-corrected chi connectivity index (χ2v) is 11.6. The number of ether oxygens (including phenoxy) is 1. The Labute approximate surface area is 229 Å². The Morgan fingerprint density at radius 1 is 0.821 bits per heavy atom. The van der Waals surface area contributed by atoms with Crippen molar-refractivity contribution in [2.45, 2.75) is 42.3 Å². The maximum Gasteiger partial charge on any atom is 0.327 e. The molecule has 0 saturated carbocycles. The lowest BCUT2D eigenvalue weighted by Gasteiger charge is -2.35. The zero-order valence-electron chi connectivity index (χ0n) is 21.8. The molecular formula is C32H31NO5S. The lowest BCUT2D eigenvalue weighted by atomic mass is 9.72. The summed E-state index contributed by atoms with van der Waals surface area (Å²) in [4.78, 5) is 13.9. The summed E-state index contributed by atoms with van der Waals surface area (Å²) >= 11 is 0. The van der Waals surface area contributed by atoms with Gasteiger partial charge in [-0.1, -0.05) is 109 Å². The fraction of sp³-hybridized carbons (Fsp3) is 0.219. The van der Waals surface area contributed by atoms with Crippen LogP contribution in [-0.4, -0.2) is 36.4 Å². The zero-order valence-corrected chi connectivity index (χ0v) is 22.7. The minimum atomic E-state index is -4.31. The van der Waals surface area contributed by atoms with Crippen LogP contribution in [0, 0.1) is 6.92 Å². The number of rotatable bonds is 7. The Balaban J connectivity index is 1.87. The Bertz CT molecular complexity index is 1530. The Morgan fingerprint density at radius 3 is 1.87 bits per heavy atom. The third kappa shape index (κ3) is 4.67. The van der Waals surface area contributed by atoms with Crippen molar-refractivity contribution in [1.29, 1.82) is 0 Å². The Hall–Kier alpha value is -3.78. The first-order chi connectivity index (χ1) is 18.8. The lowest BCUT2D eigenvalue weighted by molar-refractivity contribution is -0.155. The molecule has 1 heterocycles. The summed E-state index contributed by atoms with van der Waals surface area (Å²) in [5.74, 6) is -1.64. The van der Waals surface area contributed by atoms with Gasteiger partial charge < -0.3 is 9.84 Å². The van der Waals surface area contributed by atoms with E-state index in [0.717, 1.165) is 5.56 Å². The molecule has 6 nitrogen and oxygen atoms in total. The standard InChI is InChI=1S/C32H31NO5S/c1-3-38-31(34)30-32(35,26-17-11-6-12-18-26)28(24-13-7-4-8-14-24)29(25-15-9-5-10-16-25)33(30)39(36,37)27-21-19-23(2)20-22-27/h4-22,28-30,35H,3H2,1-2H3/t28-,29+,30+,32+/m1/s1. The number of aryl methyl sites for hydroxylation is 1. The van der Waals surface area contributed by atoms with Crippen molar-refractivity contribution >= 4 is 16.0 Å². The number of carbonyl (C=O) groups excluding carboxylic acids is 1. The summed E-state index contributed by atoms with van der Waals surface area (Å²) in [6.45, 7) is 3.57. The van der Waals surface area contributed by atoms with E-state index in [1.54, 1.807) is 43.3 Å². The van der Waals surface area contributed by atoms with Gasteiger partial charge in [0.15, 0.2) is 6.04 Å². The molecule has 4 aromatic carbocycles. The lowest BCUT2D eigenvalue weighted by Crippen LogP contribution is -2.52. The van der Waals surface area contributed by atoms with Crippen LogP contribution in [0.15, 0.2) is 120 Å². The van der Waals surface area contributed by atoms with E-state index in [-0.39, 0.29) is 11.5 Å². The molecule has 0 aliphatic carbocycles. The molecule has 4 aromatic rings. The summed E-state index contributed by atoms with van der Waals surface area (Å²) in [5.41, 5.74) is 0.740. The highest BCUT2D eigenvalue weighted by Crippen LogP contribution is 2.59. The van der Waals surface area contributed by atoms with Gasteiger partial charge in [-0.15, -0.1) is 0 Å². The predicted molar refractivity (Wildman–Crippen MR) is 149 cm³/mol. The smallest absolute Gasteiger partial charge is 0.327 e. The molecule has 200 valence electrons. The highest BCUT2D eigenvalue weighted by molar-refractivity contribution is 7.89. The first-order valence-electron chi connectivity index (χ1n) is 12.9. The van der Waals surface area contributed by atoms with E-state index in [1.165, 1.54) is 16.4 Å².